The zero-order valence-corrected chi connectivity index (χ0v) is 16.7. The van der Waals surface area contributed by atoms with Gasteiger partial charge in [-0.15, -0.1) is 0 Å². The Labute approximate surface area is 169 Å². The van der Waals surface area contributed by atoms with Crippen molar-refractivity contribution in [2.24, 2.45) is 0 Å². The summed E-state index contributed by atoms with van der Waals surface area (Å²) >= 11 is 0. The minimum absolute atomic E-state index is 0.439. The number of benzene rings is 2. The lowest BCUT2D eigenvalue weighted by Gasteiger charge is -2.16. The van der Waals surface area contributed by atoms with Gasteiger partial charge in [-0.1, -0.05) is 18.2 Å². The van der Waals surface area contributed by atoms with Crippen LogP contribution in [-0.4, -0.2) is 32.6 Å². The summed E-state index contributed by atoms with van der Waals surface area (Å²) in [5, 5.41) is 19.8. The van der Waals surface area contributed by atoms with Crippen LogP contribution in [0.2, 0.25) is 0 Å². The van der Waals surface area contributed by atoms with Gasteiger partial charge in [0, 0.05) is 23.3 Å². The van der Waals surface area contributed by atoms with Crippen LogP contribution >= 0.6 is 0 Å². The second-order valence-electron chi connectivity index (χ2n) is 7.62. The highest BCUT2D eigenvalue weighted by Crippen LogP contribution is 2.29. The summed E-state index contributed by atoms with van der Waals surface area (Å²) in [7, 11) is 1.63. The van der Waals surface area contributed by atoms with E-state index in [1.54, 1.807) is 31.7 Å². The first-order chi connectivity index (χ1) is 13.9. The van der Waals surface area contributed by atoms with Crippen molar-refractivity contribution < 1.29 is 9.84 Å². The number of nitrogens with one attached hydrogen (secondary N) is 1. The van der Waals surface area contributed by atoms with E-state index in [1.165, 1.54) is 0 Å². The topological polar surface area (TPSA) is 72.2 Å². The number of methoxy groups -OCH3 is 1. The molecule has 0 spiro atoms. The number of ether oxygens (including phenoxy) is 1. The Balaban J connectivity index is 1.63. The molecule has 6 heteroatoms. The van der Waals surface area contributed by atoms with Gasteiger partial charge < -0.3 is 15.2 Å². The highest BCUT2D eigenvalue weighted by molar-refractivity contribution is 5.88. The lowest BCUT2D eigenvalue weighted by Crippen LogP contribution is -2.26. The van der Waals surface area contributed by atoms with Gasteiger partial charge >= 0.3 is 0 Å². The molecule has 4 rings (SSSR count). The first-order valence-corrected chi connectivity index (χ1v) is 9.37. The summed E-state index contributed by atoms with van der Waals surface area (Å²) in [6.45, 7) is 3.98. The van der Waals surface area contributed by atoms with E-state index in [2.05, 4.69) is 33.6 Å². The van der Waals surface area contributed by atoms with Gasteiger partial charge in [0.15, 0.2) is 0 Å². The van der Waals surface area contributed by atoms with Gasteiger partial charge in [-0.25, -0.2) is 4.98 Å². The highest BCUT2D eigenvalue weighted by atomic mass is 16.5. The number of hydrogen-bond acceptors (Lipinski definition) is 5. The van der Waals surface area contributed by atoms with Gasteiger partial charge in [0.1, 0.15) is 11.6 Å². The largest absolute Gasteiger partial charge is 0.495 e. The summed E-state index contributed by atoms with van der Waals surface area (Å²) in [5.41, 5.74) is 2.09. The maximum atomic E-state index is 10.00. The van der Waals surface area contributed by atoms with Crippen LogP contribution in [0.15, 0.2) is 61.1 Å². The first kappa shape index (κ1) is 19.0. The van der Waals surface area contributed by atoms with Gasteiger partial charge in [-0.05, 0) is 55.1 Å². The Kier molecular flexibility index (Phi) is 4.94. The minimum Gasteiger partial charge on any atom is -0.495 e. The summed E-state index contributed by atoms with van der Waals surface area (Å²) in [5.74, 6) is 1.44. The van der Waals surface area contributed by atoms with Crippen LogP contribution in [0.4, 0.5) is 11.5 Å². The zero-order chi connectivity index (χ0) is 20.4. The molecule has 2 N–H and O–H groups in total. The monoisotopic (exact) mass is 387 g/mol. The molecule has 0 aliphatic rings. The molecule has 2 aromatic heterocycles. The lowest BCUT2D eigenvalue weighted by molar-refractivity contribution is 0.0577. The molecule has 0 aliphatic heterocycles. The van der Waals surface area contributed by atoms with Gasteiger partial charge in [-0.3, -0.25) is 4.68 Å². The Morgan fingerprint density at radius 3 is 2.79 bits per heavy atom. The zero-order valence-electron chi connectivity index (χ0n) is 16.7. The van der Waals surface area contributed by atoms with E-state index in [-0.39, 0.29) is 0 Å². The van der Waals surface area contributed by atoms with Crippen LogP contribution in [0.3, 0.4) is 0 Å². The molecular weight excluding hydrogens is 364 g/mol. The van der Waals surface area contributed by atoms with E-state index in [0.717, 1.165) is 33.4 Å². The van der Waals surface area contributed by atoms with Crippen LogP contribution in [0, 0.1) is 6.07 Å². The molecule has 0 fully saturated rings. The number of pyridine rings is 1. The number of aliphatic hydroxyl groups is 1. The molecule has 0 unspecified atom stereocenters. The number of nitrogens with zero attached hydrogens (tertiary/aromatic N) is 3. The second kappa shape index (κ2) is 7.56. The summed E-state index contributed by atoms with van der Waals surface area (Å²) in [6, 6.07) is 16.7. The number of rotatable bonds is 6. The van der Waals surface area contributed by atoms with Crippen molar-refractivity contribution in [3.63, 3.8) is 0 Å². The first-order valence-electron chi connectivity index (χ1n) is 9.37. The van der Waals surface area contributed by atoms with Crippen LogP contribution in [-0.2, 0) is 6.54 Å². The second-order valence-corrected chi connectivity index (χ2v) is 7.62. The van der Waals surface area contributed by atoms with Crippen molar-refractivity contribution in [3.05, 3.63) is 67.1 Å². The minimum atomic E-state index is -0.810. The van der Waals surface area contributed by atoms with Crippen LogP contribution in [0.5, 0.6) is 5.75 Å². The van der Waals surface area contributed by atoms with Crippen LogP contribution in [0.25, 0.3) is 21.9 Å². The van der Waals surface area contributed by atoms with E-state index in [0.29, 0.717) is 12.3 Å². The summed E-state index contributed by atoms with van der Waals surface area (Å²) in [6.07, 6.45) is 5.62. The van der Waals surface area contributed by atoms with Crippen molar-refractivity contribution in [3.8, 4) is 16.9 Å². The third kappa shape index (κ3) is 4.38. The molecule has 2 heterocycles. The molecule has 1 radical (unpaired) electrons. The van der Waals surface area contributed by atoms with Gasteiger partial charge in [0.25, 0.3) is 0 Å². The standard InChI is InChI=1S/C23H23N4O2/c1-23(2,28)15-27-14-19(13-25-27)16-8-9-17-12-24-22(11-18(17)10-16)26-20-6-4-5-7-21(20)29-3/h4,6-14,28H,15H2,1-3H3,(H,24,26). The maximum Gasteiger partial charge on any atom is 0.142 e. The average molecular weight is 387 g/mol. The molecule has 0 saturated heterocycles. The molecule has 4 aromatic rings. The molecule has 0 aliphatic carbocycles. The Morgan fingerprint density at radius 2 is 2.00 bits per heavy atom. The molecular formula is C23H23N4O2. The molecule has 29 heavy (non-hydrogen) atoms. The fourth-order valence-corrected chi connectivity index (χ4v) is 3.21. The van der Waals surface area contributed by atoms with Gasteiger partial charge in [0.2, 0.25) is 0 Å². The summed E-state index contributed by atoms with van der Waals surface area (Å²) < 4.78 is 7.13. The molecule has 147 valence electrons. The van der Waals surface area contributed by atoms with Crippen molar-refractivity contribution in [2.45, 2.75) is 26.0 Å². The molecule has 0 atom stereocenters. The van der Waals surface area contributed by atoms with Crippen LogP contribution in [0.1, 0.15) is 13.8 Å². The number of anilines is 2. The molecule has 0 amide bonds. The third-order valence-corrected chi connectivity index (χ3v) is 4.55. The number of hydrogen-bond donors (Lipinski definition) is 2. The van der Waals surface area contributed by atoms with E-state index < -0.39 is 5.60 Å². The van der Waals surface area contributed by atoms with Gasteiger partial charge in [0.05, 0.1) is 31.1 Å². The van der Waals surface area contributed by atoms with Gasteiger partial charge in [-0.2, -0.15) is 5.10 Å². The third-order valence-electron chi connectivity index (χ3n) is 4.55. The predicted molar refractivity (Wildman–Crippen MR) is 114 cm³/mol. The Morgan fingerprint density at radius 1 is 1.14 bits per heavy atom. The molecule has 6 nitrogen and oxygen atoms in total. The number of aromatic nitrogens is 3. The SMILES string of the molecule is COc1c[c]ccc1Nc1cc2cc(-c3cnn(CC(C)(C)O)c3)ccc2cn1. The smallest absolute Gasteiger partial charge is 0.142 e. The molecule has 0 saturated carbocycles. The summed E-state index contributed by atoms with van der Waals surface area (Å²) in [4.78, 5) is 4.50. The Bertz CT molecular complexity index is 1150. The fraction of sp³-hybridized carbons (Fsp3) is 0.217. The van der Waals surface area contributed by atoms with Crippen molar-refractivity contribution in [2.75, 3.05) is 12.4 Å². The van der Waals surface area contributed by atoms with E-state index in [1.807, 2.05) is 42.9 Å². The number of fused-ring (bicyclic) bond motifs is 1. The predicted octanol–water partition coefficient (Wildman–Crippen LogP) is 4.42. The molecule has 0 bridgehead atoms. The Hall–Kier alpha value is -3.38. The van der Waals surface area contributed by atoms with Crippen LogP contribution < -0.4 is 10.1 Å². The van der Waals surface area contributed by atoms with Crippen molar-refractivity contribution in [1.82, 2.24) is 14.8 Å². The highest BCUT2D eigenvalue weighted by Gasteiger charge is 2.14. The van der Waals surface area contributed by atoms with Crippen molar-refractivity contribution >= 4 is 22.3 Å². The quantitative estimate of drug-likeness (QED) is 0.512. The average Bonchev–Trinajstić information content (AvgIpc) is 3.14. The van der Waals surface area contributed by atoms with E-state index in [4.69, 9.17) is 4.74 Å². The normalized spacial score (nSPS) is 11.6. The van der Waals surface area contributed by atoms with E-state index >= 15 is 0 Å². The maximum absolute atomic E-state index is 10.00. The lowest BCUT2D eigenvalue weighted by atomic mass is 10.0. The van der Waals surface area contributed by atoms with E-state index in [9.17, 15) is 5.11 Å². The molecule has 2 aromatic carbocycles. The fourth-order valence-electron chi connectivity index (χ4n) is 3.21. The van der Waals surface area contributed by atoms with Crippen molar-refractivity contribution in [1.29, 1.82) is 0 Å².